The van der Waals surface area contributed by atoms with E-state index in [-0.39, 0.29) is 11.8 Å². The number of anilines is 1. The van der Waals surface area contributed by atoms with Crippen molar-refractivity contribution < 1.29 is 22.7 Å². The van der Waals surface area contributed by atoms with Gasteiger partial charge < -0.3 is 15.0 Å². The highest BCUT2D eigenvalue weighted by molar-refractivity contribution is 6.06. The average molecular weight is 475 g/mol. The molecule has 0 aliphatic rings. The maximum Gasteiger partial charge on any atom is 0.431 e. The summed E-state index contributed by atoms with van der Waals surface area (Å²) in [7, 11) is 1.47. The Bertz CT molecular complexity index is 1320. The van der Waals surface area contributed by atoms with Gasteiger partial charge in [-0.05, 0) is 40.8 Å². The number of hydrogen-bond acceptors (Lipinski definition) is 4. The molecular weight excluding hydrogens is 451 g/mol. The van der Waals surface area contributed by atoms with Gasteiger partial charge in [0.2, 0.25) is 0 Å². The smallest absolute Gasteiger partial charge is 0.431 e. The average Bonchev–Trinajstić information content (AvgIpc) is 2.74. The predicted molar refractivity (Wildman–Crippen MR) is 122 cm³/mol. The van der Waals surface area contributed by atoms with Crippen molar-refractivity contribution in [1.29, 1.82) is 0 Å². The Morgan fingerprint density at radius 3 is 2.21 bits per heavy atom. The summed E-state index contributed by atoms with van der Waals surface area (Å²) >= 11 is 0. The van der Waals surface area contributed by atoms with Crippen LogP contribution in [0.2, 0.25) is 0 Å². The van der Waals surface area contributed by atoms with Crippen molar-refractivity contribution >= 4 is 11.6 Å². The van der Waals surface area contributed by atoms with E-state index >= 15 is 0 Å². The number of rotatable bonds is 5. The first-order valence-corrected chi connectivity index (χ1v) is 10.3. The molecule has 180 valence electrons. The first-order chi connectivity index (χ1) is 15.8. The zero-order valence-electron chi connectivity index (χ0n) is 19.0. The largest absolute Gasteiger partial charge is 0.496 e. The van der Waals surface area contributed by atoms with Crippen molar-refractivity contribution in [3.05, 3.63) is 91.3 Å². The lowest BCUT2D eigenvalue weighted by molar-refractivity contribution is -0.142. The number of halogens is 3. The number of nitrogens with one attached hydrogen (secondary N) is 3. The summed E-state index contributed by atoms with van der Waals surface area (Å²) in [5.41, 5.74) is -2.34. The van der Waals surface area contributed by atoms with Gasteiger partial charge in [0.1, 0.15) is 11.4 Å². The molecule has 0 aliphatic carbocycles. The number of amides is 1. The summed E-state index contributed by atoms with van der Waals surface area (Å²) in [5, 5.41) is 2.72. The standard InChI is InChI=1S/C24H24F3N3O4/c1-23(2,3)14-7-10-16(18(12-14)34-4)20(31)28-15-8-5-13(6-9-15)11-17-19(24(25,26)27)29-22(33)30-21(17)32/h5-10,12H,11H2,1-4H3,(H,28,31)(H2,29,30,32,33). The molecular formula is C24H24F3N3O4. The molecule has 34 heavy (non-hydrogen) atoms. The van der Waals surface area contributed by atoms with E-state index in [1.807, 2.05) is 31.8 Å². The molecule has 0 saturated heterocycles. The van der Waals surface area contributed by atoms with Gasteiger partial charge in [0, 0.05) is 12.1 Å². The fraction of sp³-hybridized carbons (Fsp3) is 0.292. The molecule has 7 nitrogen and oxygen atoms in total. The lowest BCUT2D eigenvalue weighted by atomic mass is 9.86. The monoisotopic (exact) mass is 475 g/mol. The molecule has 0 radical (unpaired) electrons. The second-order valence-electron chi connectivity index (χ2n) is 8.75. The Kier molecular flexibility index (Phi) is 6.72. The van der Waals surface area contributed by atoms with Gasteiger partial charge in [-0.25, -0.2) is 4.79 Å². The van der Waals surface area contributed by atoms with Gasteiger partial charge in [-0.15, -0.1) is 0 Å². The number of alkyl halides is 3. The van der Waals surface area contributed by atoms with Crippen LogP contribution < -0.4 is 21.3 Å². The van der Waals surface area contributed by atoms with Crippen molar-refractivity contribution in [3.8, 4) is 5.75 Å². The van der Waals surface area contributed by atoms with E-state index in [1.165, 1.54) is 31.4 Å². The molecule has 3 aromatic rings. The molecule has 10 heteroatoms. The number of ether oxygens (including phenoxy) is 1. The quantitative estimate of drug-likeness (QED) is 0.514. The highest BCUT2D eigenvalue weighted by atomic mass is 19.4. The molecule has 0 saturated carbocycles. The molecule has 1 amide bonds. The summed E-state index contributed by atoms with van der Waals surface area (Å²) in [6, 6.07) is 11.3. The maximum absolute atomic E-state index is 13.3. The van der Waals surface area contributed by atoms with Crippen LogP contribution in [0.3, 0.4) is 0 Å². The first kappa shape index (κ1) is 24.8. The number of carbonyl (C=O) groups is 1. The Labute approximate surface area is 193 Å². The van der Waals surface area contributed by atoms with Gasteiger partial charge in [0.15, 0.2) is 0 Å². The third-order valence-corrected chi connectivity index (χ3v) is 5.23. The molecule has 0 spiro atoms. The molecule has 3 N–H and O–H groups in total. The summed E-state index contributed by atoms with van der Waals surface area (Å²) < 4.78 is 45.1. The minimum Gasteiger partial charge on any atom is -0.496 e. The molecule has 3 rings (SSSR count). The van der Waals surface area contributed by atoms with E-state index in [0.717, 1.165) is 5.56 Å². The number of carbonyl (C=O) groups excluding carboxylic acids is 1. The zero-order chi connectivity index (χ0) is 25.3. The molecule has 1 aromatic heterocycles. The number of hydrogen-bond donors (Lipinski definition) is 3. The SMILES string of the molecule is COc1cc(C(C)(C)C)ccc1C(=O)Nc1ccc(Cc2c(C(F)(F)F)[nH]c(=O)[nH]c2=O)cc1. The molecule has 0 unspecified atom stereocenters. The van der Waals surface area contributed by atoms with Gasteiger partial charge >= 0.3 is 11.9 Å². The van der Waals surface area contributed by atoms with Crippen molar-refractivity contribution in [2.75, 3.05) is 12.4 Å². The molecule has 0 aliphatic heterocycles. The zero-order valence-corrected chi connectivity index (χ0v) is 19.0. The summed E-state index contributed by atoms with van der Waals surface area (Å²) in [5.74, 6) is 0.0000151. The lowest BCUT2D eigenvalue weighted by Crippen LogP contribution is -2.31. The Hall–Kier alpha value is -3.82. The Balaban J connectivity index is 1.81. The molecule has 0 fully saturated rings. The van der Waals surface area contributed by atoms with Crippen LogP contribution in [0.5, 0.6) is 5.75 Å². The number of aromatic nitrogens is 2. The van der Waals surface area contributed by atoms with Gasteiger partial charge in [0.25, 0.3) is 11.5 Å². The van der Waals surface area contributed by atoms with Crippen LogP contribution in [0, 0.1) is 0 Å². The summed E-state index contributed by atoms with van der Waals surface area (Å²) in [4.78, 5) is 39.5. The van der Waals surface area contributed by atoms with E-state index in [0.29, 0.717) is 22.6 Å². The predicted octanol–water partition coefficient (Wildman–Crippen LogP) is 4.23. The van der Waals surface area contributed by atoms with Crippen LogP contribution in [0.15, 0.2) is 52.1 Å². The highest BCUT2D eigenvalue weighted by Gasteiger charge is 2.36. The third-order valence-electron chi connectivity index (χ3n) is 5.23. The third kappa shape index (κ3) is 5.56. The second kappa shape index (κ2) is 9.20. The molecule has 0 bridgehead atoms. The topological polar surface area (TPSA) is 104 Å². The van der Waals surface area contributed by atoms with E-state index in [1.54, 1.807) is 17.1 Å². The normalized spacial score (nSPS) is 11.9. The molecule has 2 aromatic carbocycles. The van der Waals surface area contributed by atoms with Gasteiger partial charge in [-0.2, -0.15) is 13.2 Å². The van der Waals surface area contributed by atoms with Gasteiger partial charge in [-0.3, -0.25) is 14.6 Å². The summed E-state index contributed by atoms with van der Waals surface area (Å²) in [6.07, 6.45) is -5.25. The van der Waals surface area contributed by atoms with Crippen LogP contribution >= 0.6 is 0 Å². The number of H-pyrrole nitrogens is 2. The van der Waals surface area contributed by atoms with E-state index in [2.05, 4.69) is 5.32 Å². The van der Waals surface area contributed by atoms with Crippen molar-refractivity contribution in [1.82, 2.24) is 9.97 Å². The lowest BCUT2D eigenvalue weighted by Gasteiger charge is -2.20. The fourth-order valence-corrected chi connectivity index (χ4v) is 3.38. The Morgan fingerprint density at radius 1 is 1.00 bits per heavy atom. The number of benzene rings is 2. The number of methoxy groups -OCH3 is 1. The minimum atomic E-state index is -4.89. The van der Waals surface area contributed by atoms with E-state index in [9.17, 15) is 27.6 Å². The highest BCUT2D eigenvalue weighted by Crippen LogP contribution is 2.30. The van der Waals surface area contributed by atoms with Gasteiger partial charge in [-0.1, -0.05) is 39.0 Å². The van der Waals surface area contributed by atoms with E-state index < -0.39 is 34.6 Å². The van der Waals surface area contributed by atoms with Crippen LogP contribution in [-0.2, 0) is 18.0 Å². The molecule has 1 heterocycles. The van der Waals surface area contributed by atoms with Crippen molar-refractivity contribution in [2.45, 2.75) is 38.8 Å². The van der Waals surface area contributed by atoms with Crippen LogP contribution in [0.1, 0.15) is 53.5 Å². The molecule has 0 atom stereocenters. The van der Waals surface area contributed by atoms with Crippen LogP contribution in [0.4, 0.5) is 18.9 Å². The van der Waals surface area contributed by atoms with Crippen LogP contribution in [0.25, 0.3) is 0 Å². The van der Waals surface area contributed by atoms with E-state index in [4.69, 9.17) is 4.74 Å². The Morgan fingerprint density at radius 2 is 1.65 bits per heavy atom. The second-order valence-corrected chi connectivity index (χ2v) is 8.75. The maximum atomic E-state index is 13.3. The number of aromatic amines is 2. The fourth-order valence-electron chi connectivity index (χ4n) is 3.38. The van der Waals surface area contributed by atoms with Crippen molar-refractivity contribution in [3.63, 3.8) is 0 Å². The van der Waals surface area contributed by atoms with Gasteiger partial charge in [0.05, 0.1) is 18.2 Å². The van der Waals surface area contributed by atoms with Crippen LogP contribution in [-0.4, -0.2) is 23.0 Å². The first-order valence-electron chi connectivity index (χ1n) is 10.3. The summed E-state index contributed by atoms with van der Waals surface area (Å²) in [6.45, 7) is 6.13. The van der Waals surface area contributed by atoms with Crippen molar-refractivity contribution in [2.24, 2.45) is 0 Å². The minimum absolute atomic E-state index is 0.127.